The van der Waals surface area contributed by atoms with Gasteiger partial charge >= 0.3 is 5.97 Å². The predicted molar refractivity (Wildman–Crippen MR) is 76.3 cm³/mol. The number of amides is 2. The fourth-order valence-corrected chi connectivity index (χ4v) is 2.41. The molecule has 0 spiro atoms. The SMILES string of the molecule is CCC(CC(C)C)C(=O)ON1C(=O)c2ccccc2C1=O. The third kappa shape index (κ3) is 2.96. The zero-order valence-electron chi connectivity index (χ0n) is 12.5. The Morgan fingerprint density at radius 1 is 1.14 bits per heavy atom. The normalized spacial score (nSPS) is 15.3. The number of fused-ring (bicyclic) bond motifs is 1. The quantitative estimate of drug-likeness (QED) is 0.782. The standard InChI is InChI=1S/C16H19NO4/c1-4-11(9-10(2)3)16(20)21-17-14(18)12-7-5-6-8-13(12)15(17)19/h5-8,10-11H,4,9H2,1-3H3. The van der Waals surface area contributed by atoms with Crippen molar-refractivity contribution in [1.29, 1.82) is 0 Å². The van der Waals surface area contributed by atoms with Gasteiger partial charge in [-0.15, -0.1) is 0 Å². The van der Waals surface area contributed by atoms with E-state index in [0.29, 0.717) is 23.8 Å². The smallest absolute Gasteiger partial charge is 0.329 e. The topological polar surface area (TPSA) is 63.7 Å². The molecule has 5 heteroatoms. The van der Waals surface area contributed by atoms with Crippen molar-refractivity contribution in [3.63, 3.8) is 0 Å². The molecular formula is C16H19NO4. The molecule has 21 heavy (non-hydrogen) atoms. The second kappa shape index (κ2) is 6.08. The number of rotatable bonds is 5. The fourth-order valence-electron chi connectivity index (χ4n) is 2.41. The Morgan fingerprint density at radius 2 is 1.67 bits per heavy atom. The first-order chi connectivity index (χ1) is 9.95. The van der Waals surface area contributed by atoms with E-state index in [4.69, 9.17) is 4.84 Å². The van der Waals surface area contributed by atoms with E-state index >= 15 is 0 Å². The number of hydroxylamine groups is 2. The van der Waals surface area contributed by atoms with Crippen LogP contribution in [0.4, 0.5) is 0 Å². The Balaban J connectivity index is 2.13. The summed E-state index contributed by atoms with van der Waals surface area (Å²) < 4.78 is 0. The van der Waals surface area contributed by atoms with Crippen LogP contribution in [0.2, 0.25) is 0 Å². The molecule has 0 aliphatic carbocycles. The predicted octanol–water partition coefficient (Wildman–Crippen LogP) is 2.81. The minimum Gasteiger partial charge on any atom is -0.329 e. The Kier molecular flexibility index (Phi) is 4.40. The molecule has 2 rings (SSSR count). The highest BCUT2D eigenvalue weighted by atomic mass is 16.7. The Hall–Kier alpha value is -2.17. The van der Waals surface area contributed by atoms with Gasteiger partial charge in [0.15, 0.2) is 0 Å². The Morgan fingerprint density at radius 3 is 2.10 bits per heavy atom. The van der Waals surface area contributed by atoms with Crippen LogP contribution in [0.3, 0.4) is 0 Å². The van der Waals surface area contributed by atoms with Gasteiger partial charge in [0, 0.05) is 0 Å². The molecule has 0 bridgehead atoms. The number of nitrogens with zero attached hydrogens (tertiary/aromatic N) is 1. The summed E-state index contributed by atoms with van der Waals surface area (Å²) in [5.41, 5.74) is 0.541. The number of hydrogen-bond donors (Lipinski definition) is 0. The third-order valence-electron chi connectivity index (χ3n) is 3.52. The average molecular weight is 289 g/mol. The number of carbonyl (C=O) groups is 3. The summed E-state index contributed by atoms with van der Waals surface area (Å²) >= 11 is 0. The molecule has 1 aromatic rings. The summed E-state index contributed by atoms with van der Waals surface area (Å²) in [5, 5.41) is 0.579. The van der Waals surface area contributed by atoms with Crippen molar-refractivity contribution in [2.45, 2.75) is 33.6 Å². The minimum atomic E-state index is -0.580. The molecule has 0 radical (unpaired) electrons. The van der Waals surface area contributed by atoms with Gasteiger partial charge in [-0.3, -0.25) is 9.59 Å². The van der Waals surface area contributed by atoms with Crippen LogP contribution < -0.4 is 0 Å². The van der Waals surface area contributed by atoms with Crippen LogP contribution in [0.1, 0.15) is 54.3 Å². The van der Waals surface area contributed by atoms with Crippen LogP contribution in [0.15, 0.2) is 24.3 Å². The number of imide groups is 1. The third-order valence-corrected chi connectivity index (χ3v) is 3.52. The molecular weight excluding hydrogens is 270 g/mol. The van der Waals surface area contributed by atoms with E-state index in [2.05, 4.69) is 0 Å². The van der Waals surface area contributed by atoms with Gasteiger partial charge in [0.1, 0.15) is 0 Å². The highest BCUT2D eigenvalue weighted by Crippen LogP contribution is 2.24. The fraction of sp³-hybridized carbons (Fsp3) is 0.438. The van der Waals surface area contributed by atoms with Gasteiger partial charge in [0.25, 0.3) is 11.8 Å². The molecule has 0 N–H and O–H groups in total. The molecule has 1 heterocycles. The van der Waals surface area contributed by atoms with Crippen molar-refractivity contribution in [1.82, 2.24) is 5.06 Å². The Labute approximate surface area is 123 Å². The van der Waals surface area contributed by atoms with Crippen LogP contribution in [0.5, 0.6) is 0 Å². The molecule has 1 aromatic carbocycles. The molecule has 0 saturated carbocycles. The van der Waals surface area contributed by atoms with Gasteiger partial charge in [-0.2, -0.15) is 0 Å². The van der Waals surface area contributed by atoms with Crippen LogP contribution in [0, 0.1) is 11.8 Å². The van der Waals surface area contributed by atoms with Gasteiger partial charge in [0.2, 0.25) is 0 Å². The minimum absolute atomic E-state index is 0.271. The summed E-state index contributed by atoms with van der Waals surface area (Å²) in [6.07, 6.45) is 1.28. The number of benzene rings is 1. The highest BCUT2D eigenvalue weighted by molar-refractivity contribution is 6.20. The van der Waals surface area contributed by atoms with E-state index in [1.807, 2.05) is 20.8 Å². The van der Waals surface area contributed by atoms with Crippen LogP contribution in [0.25, 0.3) is 0 Å². The summed E-state index contributed by atoms with van der Waals surface area (Å²) in [6, 6.07) is 6.44. The summed E-state index contributed by atoms with van der Waals surface area (Å²) in [7, 11) is 0. The molecule has 1 unspecified atom stereocenters. The van der Waals surface area contributed by atoms with E-state index in [9.17, 15) is 14.4 Å². The maximum atomic E-state index is 12.1. The van der Waals surface area contributed by atoms with E-state index in [-0.39, 0.29) is 17.0 Å². The lowest BCUT2D eigenvalue weighted by molar-refractivity contribution is -0.174. The van der Waals surface area contributed by atoms with Crippen molar-refractivity contribution in [2.24, 2.45) is 11.8 Å². The maximum Gasteiger partial charge on any atom is 0.336 e. The maximum absolute atomic E-state index is 12.1. The van der Waals surface area contributed by atoms with Crippen LogP contribution in [-0.4, -0.2) is 22.8 Å². The summed E-state index contributed by atoms with van der Waals surface area (Å²) in [5.74, 6) is -1.66. The number of carbonyl (C=O) groups excluding carboxylic acids is 3. The first-order valence-electron chi connectivity index (χ1n) is 7.15. The zero-order valence-corrected chi connectivity index (χ0v) is 12.5. The molecule has 1 aliphatic heterocycles. The lowest BCUT2D eigenvalue weighted by Gasteiger charge is -2.19. The first kappa shape index (κ1) is 15.2. The van der Waals surface area contributed by atoms with Gasteiger partial charge in [-0.25, -0.2) is 4.79 Å². The van der Waals surface area contributed by atoms with E-state index in [1.54, 1.807) is 24.3 Å². The van der Waals surface area contributed by atoms with Crippen molar-refractivity contribution in [3.05, 3.63) is 35.4 Å². The summed E-state index contributed by atoms with van der Waals surface area (Å²) in [4.78, 5) is 41.4. The van der Waals surface area contributed by atoms with Crippen molar-refractivity contribution < 1.29 is 19.2 Å². The van der Waals surface area contributed by atoms with Crippen LogP contribution >= 0.6 is 0 Å². The monoisotopic (exact) mass is 289 g/mol. The lowest BCUT2D eigenvalue weighted by atomic mass is 9.95. The molecule has 0 saturated heterocycles. The average Bonchev–Trinajstić information content (AvgIpc) is 2.70. The van der Waals surface area contributed by atoms with E-state index in [1.165, 1.54) is 0 Å². The van der Waals surface area contributed by atoms with Gasteiger partial charge in [-0.1, -0.05) is 38.0 Å². The molecule has 2 amide bonds. The van der Waals surface area contributed by atoms with Crippen molar-refractivity contribution in [3.8, 4) is 0 Å². The number of hydrogen-bond acceptors (Lipinski definition) is 4. The highest BCUT2D eigenvalue weighted by Gasteiger charge is 2.39. The second-order valence-corrected chi connectivity index (χ2v) is 5.60. The van der Waals surface area contributed by atoms with Crippen LogP contribution in [-0.2, 0) is 9.63 Å². The van der Waals surface area contributed by atoms with E-state index in [0.717, 1.165) is 0 Å². The second-order valence-electron chi connectivity index (χ2n) is 5.60. The van der Waals surface area contributed by atoms with Crippen molar-refractivity contribution >= 4 is 17.8 Å². The first-order valence-corrected chi connectivity index (χ1v) is 7.15. The molecule has 112 valence electrons. The van der Waals surface area contributed by atoms with Gasteiger partial charge in [-0.05, 0) is 30.9 Å². The molecule has 1 aliphatic rings. The Bertz CT molecular complexity index is 544. The summed E-state index contributed by atoms with van der Waals surface area (Å²) in [6.45, 7) is 5.91. The molecule has 0 aromatic heterocycles. The van der Waals surface area contributed by atoms with Gasteiger partial charge in [0.05, 0.1) is 17.0 Å². The largest absolute Gasteiger partial charge is 0.336 e. The zero-order chi connectivity index (χ0) is 15.6. The van der Waals surface area contributed by atoms with Crippen molar-refractivity contribution in [2.75, 3.05) is 0 Å². The lowest BCUT2D eigenvalue weighted by Crippen LogP contribution is -2.35. The van der Waals surface area contributed by atoms with Gasteiger partial charge < -0.3 is 4.84 Å². The molecule has 5 nitrogen and oxygen atoms in total. The van der Waals surface area contributed by atoms with E-state index < -0.39 is 17.8 Å². The molecule has 0 fully saturated rings. The molecule has 1 atom stereocenters.